The Morgan fingerprint density at radius 2 is 1.78 bits per heavy atom. The van der Waals surface area contributed by atoms with Crippen molar-refractivity contribution in [1.82, 2.24) is 0 Å². The fourth-order valence-electron chi connectivity index (χ4n) is 2.42. The summed E-state index contributed by atoms with van der Waals surface area (Å²) in [6, 6.07) is 15.8. The van der Waals surface area contributed by atoms with Gasteiger partial charge >= 0.3 is 5.97 Å². The van der Waals surface area contributed by atoms with Crippen LogP contribution in [0.5, 0.6) is 0 Å². The van der Waals surface area contributed by atoms with E-state index in [1.165, 1.54) is 5.01 Å². The molecule has 1 aliphatic heterocycles. The Balaban J connectivity index is 1.59. The number of benzene rings is 2. The van der Waals surface area contributed by atoms with E-state index < -0.39 is 18.5 Å². The summed E-state index contributed by atoms with van der Waals surface area (Å²) in [5.74, 6) is -1.38. The summed E-state index contributed by atoms with van der Waals surface area (Å²) in [6.45, 7) is -0.437. The largest absolute Gasteiger partial charge is 0.451 e. The predicted molar refractivity (Wildman–Crippen MR) is 104 cm³/mol. The van der Waals surface area contributed by atoms with E-state index >= 15 is 0 Å². The predicted octanol–water partition coefficient (Wildman–Crippen LogP) is 3.11. The molecule has 27 heavy (non-hydrogen) atoms. The minimum atomic E-state index is -0.714. The quantitative estimate of drug-likeness (QED) is 0.739. The van der Waals surface area contributed by atoms with E-state index in [1.807, 2.05) is 6.07 Å². The third kappa shape index (κ3) is 5.01. The lowest BCUT2D eigenvalue weighted by atomic mass is 10.1. The van der Waals surface area contributed by atoms with Crippen LogP contribution >= 0.6 is 15.9 Å². The van der Waals surface area contributed by atoms with Gasteiger partial charge in [-0.15, -0.1) is 0 Å². The molecule has 3 rings (SSSR count). The number of hydrazone groups is 1. The molecule has 0 spiro atoms. The molecule has 2 aromatic carbocycles. The van der Waals surface area contributed by atoms with Crippen molar-refractivity contribution in [2.24, 2.45) is 5.10 Å². The summed E-state index contributed by atoms with van der Waals surface area (Å²) >= 11 is 3.31. The summed E-state index contributed by atoms with van der Waals surface area (Å²) in [7, 11) is 0. The number of nitrogens with one attached hydrogen (secondary N) is 1. The SMILES string of the molecule is O=C(COC(=O)C1=NN(c2ccccc2)C(=O)CC1)Nc1ccc(Br)cc1. The van der Waals surface area contributed by atoms with Crippen LogP contribution < -0.4 is 10.3 Å². The minimum Gasteiger partial charge on any atom is -0.451 e. The molecule has 8 heteroatoms. The fraction of sp³-hybridized carbons (Fsp3) is 0.158. The van der Waals surface area contributed by atoms with Crippen molar-refractivity contribution in [1.29, 1.82) is 0 Å². The van der Waals surface area contributed by atoms with Crippen molar-refractivity contribution in [2.75, 3.05) is 16.9 Å². The zero-order valence-corrected chi connectivity index (χ0v) is 15.8. The molecule has 0 fully saturated rings. The lowest BCUT2D eigenvalue weighted by Crippen LogP contribution is -2.35. The number of nitrogens with zero attached hydrogens (tertiary/aromatic N) is 2. The number of hydrogen-bond acceptors (Lipinski definition) is 5. The zero-order chi connectivity index (χ0) is 19.2. The first-order valence-electron chi connectivity index (χ1n) is 8.21. The number of amides is 2. The molecule has 1 aliphatic rings. The molecule has 1 N–H and O–H groups in total. The Hall–Kier alpha value is -3.00. The van der Waals surface area contributed by atoms with E-state index in [-0.39, 0.29) is 24.5 Å². The minimum absolute atomic E-state index is 0.106. The van der Waals surface area contributed by atoms with Crippen LogP contribution in [-0.2, 0) is 19.1 Å². The Morgan fingerprint density at radius 3 is 2.48 bits per heavy atom. The standard InChI is InChI=1S/C19H16BrN3O4/c20-13-6-8-14(9-7-13)21-17(24)12-27-19(26)16-10-11-18(25)23(22-16)15-4-2-1-3-5-15/h1-9H,10-12H2,(H,21,24). The zero-order valence-electron chi connectivity index (χ0n) is 14.2. The number of halogens is 1. The smallest absolute Gasteiger partial charge is 0.355 e. The van der Waals surface area contributed by atoms with Gasteiger partial charge in [-0.1, -0.05) is 34.1 Å². The van der Waals surface area contributed by atoms with Crippen LogP contribution in [0.2, 0.25) is 0 Å². The molecule has 0 aromatic heterocycles. The fourth-order valence-corrected chi connectivity index (χ4v) is 2.68. The molecular formula is C19H16BrN3O4. The third-order valence-electron chi connectivity index (χ3n) is 3.73. The first-order valence-corrected chi connectivity index (χ1v) is 9.00. The van der Waals surface area contributed by atoms with Gasteiger partial charge in [-0.25, -0.2) is 9.80 Å². The van der Waals surface area contributed by atoms with Crippen molar-refractivity contribution in [3.63, 3.8) is 0 Å². The van der Waals surface area contributed by atoms with Crippen molar-refractivity contribution in [3.05, 3.63) is 59.1 Å². The summed E-state index contributed by atoms with van der Waals surface area (Å²) in [5, 5.41) is 7.90. The summed E-state index contributed by atoms with van der Waals surface area (Å²) in [6.07, 6.45) is 0.323. The Labute approximate surface area is 164 Å². The van der Waals surface area contributed by atoms with Gasteiger partial charge < -0.3 is 10.1 Å². The molecule has 0 radical (unpaired) electrons. The molecule has 0 aliphatic carbocycles. The maximum Gasteiger partial charge on any atom is 0.355 e. The van der Waals surface area contributed by atoms with Crippen molar-refractivity contribution < 1.29 is 19.1 Å². The van der Waals surface area contributed by atoms with Crippen LogP contribution in [0.15, 0.2) is 64.2 Å². The first kappa shape index (κ1) is 18.8. The number of carbonyl (C=O) groups excluding carboxylic acids is 3. The van der Waals surface area contributed by atoms with Crippen molar-refractivity contribution in [3.8, 4) is 0 Å². The molecule has 0 saturated heterocycles. The van der Waals surface area contributed by atoms with Gasteiger partial charge in [0.25, 0.3) is 5.91 Å². The van der Waals surface area contributed by atoms with Crippen LogP contribution in [0.25, 0.3) is 0 Å². The van der Waals surface area contributed by atoms with Crippen LogP contribution in [0.4, 0.5) is 11.4 Å². The van der Waals surface area contributed by atoms with E-state index in [2.05, 4.69) is 26.3 Å². The highest BCUT2D eigenvalue weighted by Gasteiger charge is 2.26. The highest BCUT2D eigenvalue weighted by atomic mass is 79.9. The van der Waals surface area contributed by atoms with Gasteiger partial charge in [0.05, 0.1) is 5.69 Å². The van der Waals surface area contributed by atoms with E-state index in [0.717, 1.165) is 4.47 Å². The first-order chi connectivity index (χ1) is 13.0. The van der Waals surface area contributed by atoms with Crippen LogP contribution in [0, 0.1) is 0 Å². The van der Waals surface area contributed by atoms with Crippen molar-refractivity contribution >= 4 is 50.8 Å². The number of hydrogen-bond donors (Lipinski definition) is 1. The normalized spacial score (nSPS) is 13.7. The highest BCUT2D eigenvalue weighted by molar-refractivity contribution is 9.10. The third-order valence-corrected chi connectivity index (χ3v) is 4.26. The molecule has 7 nitrogen and oxygen atoms in total. The molecule has 0 bridgehead atoms. The van der Waals surface area contributed by atoms with E-state index in [9.17, 15) is 14.4 Å². The van der Waals surface area contributed by atoms with Gasteiger partial charge in [-0.3, -0.25) is 9.59 Å². The number of rotatable bonds is 5. The van der Waals surface area contributed by atoms with E-state index in [0.29, 0.717) is 11.4 Å². The number of anilines is 2. The van der Waals surface area contributed by atoms with Crippen LogP contribution in [0.3, 0.4) is 0 Å². The average Bonchev–Trinajstić information content (AvgIpc) is 2.69. The van der Waals surface area contributed by atoms with Crippen molar-refractivity contribution in [2.45, 2.75) is 12.8 Å². The number of carbonyl (C=O) groups is 3. The van der Waals surface area contributed by atoms with Gasteiger partial charge in [0.15, 0.2) is 6.61 Å². The average molecular weight is 430 g/mol. The molecule has 1 heterocycles. The topological polar surface area (TPSA) is 88.1 Å². The summed E-state index contributed by atoms with van der Waals surface area (Å²) in [5.41, 5.74) is 1.27. The van der Waals surface area contributed by atoms with Gasteiger partial charge in [0.1, 0.15) is 5.71 Å². The van der Waals surface area contributed by atoms with Crippen LogP contribution in [0.1, 0.15) is 12.8 Å². The molecular weight excluding hydrogens is 414 g/mol. The number of esters is 1. The van der Waals surface area contributed by atoms with Gasteiger partial charge in [0, 0.05) is 23.0 Å². The Bertz CT molecular complexity index is 882. The molecule has 2 aromatic rings. The Kier molecular flexibility index (Phi) is 5.97. The monoisotopic (exact) mass is 429 g/mol. The Morgan fingerprint density at radius 1 is 1.07 bits per heavy atom. The number of ether oxygens (including phenoxy) is 1. The lowest BCUT2D eigenvalue weighted by Gasteiger charge is -2.22. The second kappa shape index (κ2) is 8.59. The molecule has 138 valence electrons. The molecule has 0 saturated carbocycles. The molecule has 0 unspecified atom stereocenters. The van der Waals surface area contributed by atoms with Crippen LogP contribution in [-0.4, -0.2) is 30.1 Å². The maximum atomic E-state index is 12.2. The maximum absolute atomic E-state index is 12.2. The second-order valence-corrected chi connectivity index (χ2v) is 6.63. The highest BCUT2D eigenvalue weighted by Crippen LogP contribution is 2.20. The number of para-hydroxylation sites is 1. The summed E-state index contributed by atoms with van der Waals surface area (Å²) in [4.78, 5) is 36.2. The van der Waals surface area contributed by atoms with E-state index in [1.54, 1.807) is 48.5 Å². The molecule has 2 amide bonds. The second-order valence-electron chi connectivity index (χ2n) is 5.72. The molecule has 0 atom stereocenters. The van der Waals surface area contributed by atoms with Gasteiger partial charge in [0.2, 0.25) is 5.91 Å². The van der Waals surface area contributed by atoms with E-state index in [4.69, 9.17) is 4.74 Å². The summed E-state index contributed by atoms with van der Waals surface area (Å²) < 4.78 is 5.92. The van der Waals surface area contributed by atoms with Gasteiger partial charge in [-0.05, 0) is 36.4 Å². The lowest BCUT2D eigenvalue weighted by molar-refractivity contribution is -0.140. The van der Waals surface area contributed by atoms with Gasteiger partial charge in [-0.2, -0.15) is 5.10 Å².